The van der Waals surface area contributed by atoms with Crippen molar-refractivity contribution in [2.75, 3.05) is 72.7 Å². The van der Waals surface area contributed by atoms with E-state index < -0.39 is 6.03 Å². The maximum atomic E-state index is 13.7. The number of likely N-dealkylation sites (N-methyl/N-ethyl adjacent to an activating group) is 1. The maximum absolute atomic E-state index is 13.7. The Balaban J connectivity index is 1.40. The molecular formula is C31H36Cl2N8O4. The van der Waals surface area contributed by atoms with Gasteiger partial charge in [-0.3, -0.25) is 9.69 Å². The van der Waals surface area contributed by atoms with Gasteiger partial charge in [-0.1, -0.05) is 36.7 Å². The molecule has 0 atom stereocenters. The Labute approximate surface area is 272 Å². The van der Waals surface area contributed by atoms with Gasteiger partial charge in [0.15, 0.2) is 0 Å². The molecule has 2 fully saturated rings. The summed E-state index contributed by atoms with van der Waals surface area (Å²) in [4.78, 5) is 41.0. The highest BCUT2D eigenvalue weighted by Crippen LogP contribution is 2.44. The van der Waals surface area contributed by atoms with Gasteiger partial charge in [-0.15, -0.1) is 0 Å². The molecule has 14 heteroatoms. The fraction of sp³-hybridized carbons (Fsp3) is 0.355. The third kappa shape index (κ3) is 7.35. The van der Waals surface area contributed by atoms with Crippen LogP contribution >= 0.6 is 23.2 Å². The van der Waals surface area contributed by atoms with Crippen molar-refractivity contribution in [1.82, 2.24) is 14.9 Å². The number of anilines is 6. The predicted octanol–water partition coefficient (Wildman–Crippen LogP) is 6.01. The Hall–Kier alpha value is -4.26. The highest BCUT2D eigenvalue weighted by molar-refractivity contribution is 6.41. The number of amides is 3. The van der Waals surface area contributed by atoms with Gasteiger partial charge >= 0.3 is 6.03 Å². The molecule has 1 aliphatic carbocycles. The smallest absolute Gasteiger partial charge is 0.327 e. The Kier molecular flexibility index (Phi) is 10.2. The van der Waals surface area contributed by atoms with Gasteiger partial charge in [0, 0.05) is 50.0 Å². The van der Waals surface area contributed by atoms with Crippen molar-refractivity contribution in [1.29, 1.82) is 0 Å². The summed E-state index contributed by atoms with van der Waals surface area (Å²) in [6.45, 7) is 10.5. The number of methoxy groups -OCH3 is 2. The first-order valence-corrected chi connectivity index (χ1v) is 15.4. The second-order valence-corrected chi connectivity index (χ2v) is 11.3. The minimum atomic E-state index is -0.479. The molecule has 1 aliphatic heterocycles. The molecular weight excluding hydrogens is 619 g/mol. The van der Waals surface area contributed by atoms with Crippen molar-refractivity contribution in [2.24, 2.45) is 0 Å². The highest BCUT2D eigenvalue weighted by Gasteiger charge is 2.36. The molecule has 1 saturated carbocycles. The van der Waals surface area contributed by atoms with E-state index in [4.69, 9.17) is 32.7 Å². The van der Waals surface area contributed by atoms with E-state index in [9.17, 15) is 9.59 Å². The van der Waals surface area contributed by atoms with E-state index in [1.807, 2.05) is 18.2 Å². The van der Waals surface area contributed by atoms with Crippen LogP contribution in [0.2, 0.25) is 10.0 Å². The van der Waals surface area contributed by atoms with E-state index in [0.29, 0.717) is 34.5 Å². The number of piperazine rings is 1. The number of urea groups is 1. The molecule has 0 bridgehead atoms. The first-order valence-electron chi connectivity index (χ1n) is 14.6. The quantitative estimate of drug-likeness (QED) is 0.213. The van der Waals surface area contributed by atoms with Crippen LogP contribution in [0.4, 0.5) is 39.2 Å². The lowest BCUT2D eigenvalue weighted by Crippen LogP contribution is -2.46. The van der Waals surface area contributed by atoms with Crippen LogP contribution in [0, 0.1) is 0 Å². The summed E-state index contributed by atoms with van der Waals surface area (Å²) in [5.41, 5.74) is 2.36. The lowest BCUT2D eigenvalue weighted by molar-refractivity contribution is -0.111. The number of rotatable bonds is 11. The van der Waals surface area contributed by atoms with Crippen LogP contribution in [0.15, 0.2) is 49.3 Å². The van der Waals surface area contributed by atoms with Gasteiger partial charge in [-0.25, -0.2) is 14.8 Å². The van der Waals surface area contributed by atoms with E-state index in [1.54, 1.807) is 17.0 Å². The van der Waals surface area contributed by atoms with Gasteiger partial charge in [-0.05, 0) is 43.7 Å². The number of hydrogen-bond acceptors (Lipinski definition) is 9. The fourth-order valence-electron chi connectivity index (χ4n) is 5.08. The fourth-order valence-corrected chi connectivity index (χ4v) is 5.68. The van der Waals surface area contributed by atoms with Gasteiger partial charge in [0.05, 0.1) is 31.3 Å². The number of carbonyl (C=O) groups is 2. The molecule has 5 rings (SSSR count). The Morgan fingerprint density at radius 3 is 2.29 bits per heavy atom. The van der Waals surface area contributed by atoms with E-state index in [1.165, 1.54) is 26.6 Å². The normalized spacial score (nSPS) is 14.8. The molecule has 2 heterocycles. The third-order valence-corrected chi connectivity index (χ3v) is 8.48. The predicted molar refractivity (Wildman–Crippen MR) is 179 cm³/mol. The molecule has 0 radical (unpaired) electrons. The first-order chi connectivity index (χ1) is 21.8. The molecule has 3 aromatic rings. The first kappa shape index (κ1) is 32.1. The molecule has 45 heavy (non-hydrogen) atoms. The van der Waals surface area contributed by atoms with Crippen molar-refractivity contribution in [2.45, 2.75) is 25.8 Å². The number of ether oxygens (including phenoxy) is 2. The van der Waals surface area contributed by atoms with E-state index >= 15 is 0 Å². The molecule has 0 spiro atoms. The zero-order valence-corrected chi connectivity index (χ0v) is 26.9. The summed E-state index contributed by atoms with van der Waals surface area (Å²) >= 11 is 13.0. The Bertz CT molecular complexity index is 1550. The molecule has 238 valence electrons. The van der Waals surface area contributed by atoms with Crippen molar-refractivity contribution in [3.05, 3.63) is 59.4 Å². The molecule has 1 aromatic heterocycles. The lowest BCUT2D eigenvalue weighted by atomic mass is 10.2. The van der Waals surface area contributed by atoms with Crippen LogP contribution in [0.5, 0.6) is 11.5 Å². The number of hydrogen-bond donors (Lipinski definition) is 3. The Morgan fingerprint density at radius 2 is 1.69 bits per heavy atom. The molecule has 3 N–H and O–H groups in total. The summed E-state index contributed by atoms with van der Waals surface area (Å²) in [6, 6.07) is 8.51. The monoisotopic (exact) mass is 654 g/mol. The van der Waals surface area contributed by atoms with Gasteiger partial charge in [0.2, 0.25) is 5.91 Å². The zero-order valence-electron chi connectivity index (χ0n) is 25.4. The minimum Gasteiger partial charge on any atom is -0.495 e. The molecule has 3 amide bonds. The van der Waals surface area contributed by atoms with Crippen molar-refractivity contribution in [3.8, 4) is 11.5 Å². The average Bonchev–Trinajstić information content (AvgIpc) is 3.89. The molecule has 12 nitrogen and oxygen atoms in total. The standard InChI is InChI=1S/C31H36Cl2N8O4/c1-5-27(42)37-22-15-20(40-13-11-39(6-2)12-14-40)9-10-21(22)36-25-17-26(35-18-34-25)41(19-7-8-19)31(43)38-30-28(32)23(44-3)16-24(45-4)29(30)33/h5,9-10,15-19H,1,6-8,11-14H2,2-4H3,(H,37,42)(H,38,43)(H,34,35,36). The second-order valence-electron chi connectivity index (χ2n) is 10.5. The number of carbonyl (C=O) groups excluding carboxylic acids is 2. The third-order valence-electron chi connectivity index (χ3n) is 7.73. The van der Waals surface area contributed by atoms with Crippen LogP contribution in [0.25, 0.3) is 0 Å². The highest BCUT2D eigenvalue weighted by atomic mass is 35.5. The minimum absolute atomic E-state index is 0.0762. The topological polar surface area (TPSA) is 124 Å². The largest absolute Gasteiger partial charge is 0.495 e. The molecule has 2 aliphatic rings. The van der Waals surface area contributed by atoms with Crippen LogP contribution in [0.1, 0.15) is 19.8 Å². The van der Waals surface area contributed by atoms with Crippen molar-refractivity contribution in [3.63, 3.8) is 0 Å². The molecule has 1 saturated heterocycles. The molecule has 2 aromatic carbocycles. The van der Waals surface area contributed by atoms with Crippen molar-refractivity contribution >= 4 is 69.5 Å². The Morgan fingerprint density at radius 1 is 1.00 bits per heavy atom. The summed E-state index contributed by atoms with van der Waals surface area (Å²) in [6.07, 6.45) is 4.20. The van der Waals surface area contributed by atoms with E-state index in [0.717, 1.165) is 51.3 Å². The number of benzene rings is 2. The van der Waals surface area contributed by atoms with Crippen LogP contribution in [-0.4, -0.2) is 79.8 Å². The van der Waals surface area contributed by atoms with Crippen LogP contribution in [0.3, 0.4) is 0 Å². The number of aromatic nitrogens is 2. The maximum Gasteiger partial charge on any atom is 0.327 e. The van der Waals surface area contributed by atoms with Gasteiger partial charge in [0.1, 0.15) is 39.5 Å². The number of nitrogens with one attached hydrogen (secondary N) is 3. The summed E-state index contributed by atoms with van der Waals surface area (Å²) in [5.74, 6) is 1.06. The molecule has 0 unspecified atom stereocenters. The average molecular weight is 656 g/mol. The van der Waals surface area contributed by atoms with Crippen molar-refractivity contribution < 1.29 is 19.1 Å². The number of nitrogens with zero attached hydrogens (tertiary/aromatic N) is 5. The second kappa shape index (κ2) is 14.2. The van der Waals surface area contributed by atoms with Crippen LogP contribution in [-0.2, 0) is 4.79 Å². The zero-order chi connectivity index (χ0) is 32.1. The van der Waals surface area contributed by atoms with Gasteiger partial charge < -0.3 is 35.2 Å². The number of halogens is 2. The van der Waals surface area contributed by atoms with E-state index in [2.05, 4.69) is 49.2 Å². The van der Waals surface area contributed by atoms with Gasteiger partial charge in [0.25, 0.3) is 0 Å². The summed E-state index contributed by atoms with van der Waals surface area (Å²) in [7, 11) is 2.92. The van der Waals surface area contributed by atoms with Gasteiger partial charge in [-0.2, -0.15) is 0 Å². The summed E-state index contributed by atoms with van der Waals surface area (Å²) < 4.78 is 10.7. The van der Waals surface area contributed by atoms with E-state index in [-0.39, 0.29) is 27.7 Å². The SMILES string of the molecule is C=CC(=O)Nc1cc(N2CCN(CC)CC2)ccc1Nc1cc(N(C(=O)Nc2c(Cl)c(OC)cc(OC)c2Cl)C2CC2)ncn1. The van der Waals surface area contributed by atoms with Crippen LogP contribution < -0.4 is 35.2 Å². The summed E-state index contributed by atoms with van der Waals surface area (Å²) in [5, 5.41) is 9.28. The lowest BCUT2D eigenvalue weighted by Gasteiger charge is -2.35.